The van der Waals surface area contributed by atoms with Gasteiger partial charge in [0, 0.05) is 13.0 Å². The fourth-order valence-electron chi connectivity index (χ4n) is 3.48. The minimum Gasteiger partial charge on any atom is -0.494 e. The molecule has 0 bridgehead atoms. The number of benzene rings is 2. The third-order valence-electron chi connectivity index (χ3n) is 4.64. The monoisotopic (exact) mass is 323 g/mol. The van der Waals surface area contributed by atoms with Gasteiger partial charge >= 0.3 is 0 Å². The number of carbonyl (C=O) groups excluding carboxylic acids is 1. The van der Waals surface area contributed by atoms with E-state index in [4.69, 9.17) is 4.74 Å². The Hall–Kier alpha value is -2.29. The molecule has 3 heteroatoms. The van der Waals surface area contributed by atoms with Gasteiger partial charge in [0.25, 0.3) is 0 Å². The maximum atomic E-state index is 12.8. The first kappa shape index (κ1) is 16.6. The zero-order chi connectivity index (χ0) is 16.8. The molecule has 0 radical (unpaired) electrons. The van der Waals surface area contributed by atoms with E-state index in [0.717, 1.165) is 37.1 Å². The summed E-state index contributed by atoms with van der Waals surface area (Å²) in [5.74, 6) is 1.14. The number of para-hydroxylation sites is 1. The van der Waals surface area contributed by atoms with Gasteiger partial charge in [-0.25, -0.2) is 0 Å². The number of carbonyl (C=O) groups is 1. The average Bonchev–Trinajstić information content (AvgIpc) is 3.11. The van der Waals surface area contributed by atoms with Crippen LogP contribution in [0.4, 0.5) is 0 Å². The molecular formula is C21H25NO2. The molecular weight excluding hydrogens is 298 g/mol. The van der Waals surface area contributed by atoms with Crippen molar-refractivity contribution in [3.63, 3.8) is 0 Å². The largest absolute Gasteiger partial charge is 0.494 e. The molecule has 2 aromatic carbocycles. The topological polar surface area (TPSA) is 29.5 Å². The Labute approximate surface area is 144 Å². The van der Waals surface area contributed by atoms with Crippen LogP contribution in [0, 0.1) is 0 Å². The van der Waals surface area contributed by atoms with Crippen LogP contribution in [-0.2, 0) is 11.2 Å². The minimum atomic E-state index is 0.237. The van der Waals surface area contributed by atoms with E-state index < -0.39 is 0 Å². The van der Waals surface area contributed by atoms with E-state index in [0.29, 0.717) is 13.0 Å². The van der Waals surface area contributed by atoms with Gasteiger partial charge < -0.3 is 9.64 Å². The Bertz CT molecular complexity index is 669. The molecule has 1 aliphatic rings. The first-order chi connectivity index (χ1) is 11.8. The third-order valence-corrected chi connectivity index (χ3v) is 4.64. The molecule has 3 nitrogen and oxygen atoms in total. The predicted octanol–water partition coefficient (Wildman–Crippen LogP) is 4.38. The normalized spacial score (nSPS) is 17.0. The number of nitrogens with zero attached hydrogens (tertiary/aromatic N) is 1. The number of rotatable bonds is 6. The molecule has 0 aliphatic carbocycles. The molecule has 3 rings (SSSR count). The van der Waals surface area contributed by atoms with E-state index >= 15 is 0 Å². The van der Waals surface area contributed by atoms with Gasteiger partial charge in [0.1, 0.15) is 5.75 Å². The van der Waals surface area contributed by atoms with Crippen molar-refractivity contribution in [3.05, 3.63) is 65.7 Å². The van der Waals surface area contributed by atoms with Crippen LogP contribution in [0.1, 0.15) is 43.4 Å². The Kier molecular flexibility index (Phi) is 5.52. The van der Waals surface area contributed by atoms with Crippen molar-refractivity contribution in [1.29, 1.82) is 0 Å². The summed E-state index contributed by atoms with van der Waals surface area (Å²) in [6.45, 7) is 3.50. The first-order valence-corrected chi connectivity index (χ1v) is 8.84. The van der Waals surface area contributed by atoms with Crippen molar-refractivity contribution in [2.24, 2.45) is 0 Å². The highest BCUT2D eigenvalue weighted by Crippen LogP contribution is 2.32. The summed E-state index contributed by atoms with van der Waals surface area (Å²) in [4.78, 5) is 14.8. The summed E-state index contributed by atoms with van der Waals surface area (Å²) in [7, 11) is 0. The smallest absolute Gasteiger partial charge is 0.223 e. The molecule has 1 atom stereocenters. The lowest BCUT2D eigenvalue weighted by Gasteiger charge is -2.25. The molecule has 24 heavy (non-hydrogen) atoms. The second kappa shape index (κ2) is 8.00. The summed E-state index contributed by atoms with van der Waals surface area (Å²) in [5, 5.41) is 0. The van der Waals surface area contributed by atoms with Crippen LogP contribution in [0.15, 0.2) is 54.6 Å². The molecule has 0 N–H and O–H groups in total. The Balaban J connectivity index is 1.65. The third kappa shape index (κ3) is 3.78. The Morgan fingerprint density at radius 1 is 1.12 bits per heavy atom. The van der Waals surface area contributed by atoms with Gasteiger partial charge in [-0.15, -0.1) is 0 Å². The number of aryl methyl sites for hydroxylation is 1. The van der Waals surface area contributed by atoms with Crippen LogP contribution in [0.3, 0.4) is 0 Å². The molecule has 0 spiro atoms. The average molecular weight is 323 g/mol. The second-order valence-electron chi connectivity index (χ2n) is 6.20. The van der Waals surface area contributed by atoms with Crippen LogP contribution in [0.2, 0.25) is 0 Å². The molecule has 1 heterocycles. The molecule has 0 saturated carbocycles. The standard InChI is InChI=1S/C21H25NO2/c1-2-24-20-13-7-6-11-18(20)14-15-21(23)22-16-8-12-19(22)17-9-4-3-5-10-17/h3-7,9-11,13,19H,2,8,12,14-16H2,1H3. The van der Waals surface area contributed by atoms with Gasteiger partial charge in [-0.2, -0.15) is 0 Å². The molecule has 126 valence electrons. The van der Waals surface area contributed by atoms with Gasteiger partial charge in [-0.1, -0.05) is 48.5 Å². The van der Waals surface area contributed by atoms with Gasteiger partial charge in [-0.05, 0) is 43.4 Å². The van der Waals surface area contributed by atoms with E-state index in [-0.39, 0.29) is 11.9 Å². The van der Waals surface area contributed by atoms with Gasteiger partial charge in [0.15, 0.2) is 0 Å². The van der Waals surface area contributed by atoms with Gasteiger partial charge in [0.05, 0.1) is 12.6 Å². The van der Waals surface area contributed by atoms with Crippen LogP contribution in [0.25, 0.3) is 0 Å². The van der Waals surface area contributed by atoms with E-state index in [1.807, 2.05) is 31.2 Å². The van der Waals surface area contributed by atoms with Crippen molar-refractivity contribution in [2.75, 3.05) is 13.2 Å². The maximum absolute atomic E-state index is 12.8. The molecule has 1 saturated heterocycles. The molecule has 1 aliphatic heterocycles. The highest BCUT2D eigenvalue weighted by atomic mass is 16.5. The lowest BCUT2D eigenvalue weighted by Crippen LogP contribution is -2.30. The van der Waals surface area contributed by atoms with Crippen molar-refractivity contribution in [2.45, 2.75) is 38.6 Å². The maximum Gasteiger partial charge on any atom is 0.223 e. The van der Waals surface area contributed by atoms with E-state index in [2.05, 4.69) is 35.2 Å². The van der Waals surface area contributed by atoms with Crippen LogP contribution < -0.4 is 4.74 Å². The summed E-state index contributed by atoms with van der Waals surface area (Å²) in [5.41, 5.74) is 2.36. The minimum absolute atomic E-state index is 0.237. The molecule has 0 aromatic heterocycles. The number of likely N-dealkylation sites (tertiary alicyclic amines) is 1. The fourth-order valence-corrected chi connectivity index (χ4v) is 3.48. The summed E-state index contributed by atoms with van der Waals surface area (Å²) >= 11 is 0. The zero-order valence-electron chi connectivity index (χ0n) is 14.3. The van der Waals surface area contributed by atoms with Crippen molar-refractivity contribution in [3.8, 4) is 5.75 Å². The van der Waals surface area contributed by atoms with Gasteiger partial charge in [0.2, 0.25) is 5.91 Å². The fraction of sp³-hybridized carbons (Fsp3) is 0.381. The second-order valence-corrected chi connectivity index (χ2v) is 6.20. The van der Waals surface area contributed by atoms with Crippen molar-refractivity contribution < 1.29 is 9.53 Å². The quantitative estimate of drug-likeness (QED) is 0.789. The molecule has 1 fully saturated rings. The van der Waals surface area contributed by atoms with E-state index in [1.54, 1.807) is 0 Å². The molecule has 2 aromatic rings. The Morgan fingerprint density at radius 3 is 2.67 bits per heavy atom. The number of hydrogen-bond acceptors (Lipinski definition) is 2. The summed E-state index contributed by atoms with van der Waals surface area (Å²) < 4.78 is 5.66. The number of hydrogen-bond donors (Lipinski definition) is 0. The highest BCUT2D eigenvalue weighted by molar-refractivity contribution is 5.77. The lowest BCUT2D eigenvalue weighted by molar-refractivity contribution is -0.132. The SMILES string of the molecule is CCOc1ccccc1CCC(=O)N1CCCC1c1ccccc1. The van der Waals surface area contributed by atoms with Crippen molar-refractivity contribution >= 4 is 5.91 Å². The lowest BCUT2D eigenvalue weighted by atomic mass is 10.0. The number of amides is 1. The van der Waals surface area contributed by atoms with Gasteiger partial charge in [-0.3, -0.25) is 4.79 Å². The summed E-state index contributed by atoms with van der Waals surface area (Å²) in [6.07, 6.45) is 3.41. The van der Waals surface area contributed by atoms with Crippen LogP contribution in [0.5, 0.6) is 5.75 Å². The summed E-state index contributed by atoms with van der Waals surface area (Å²) in [6, 6.07) is 18.6. The van der Waals surface area contributed by atoms with Crippen LogP contribution in [-0.4, -0.2) is 24.0 Å². The predicted molar refractivity (Wildman–Crippen MR) is 96.1 cm³/mol. The molecule has 1 unspecified atom stereocenters. The van der Waals surface area contributed by atoms with Crippen molar-refractivity contribution in [1.82, 2.24) is 4.90 Å². The highest BCUT2D eigenvalue weighted by Gasteiger charge is 2.29. The van der Waals surface area contributed by atoms with E-state index in [1.165, 1.54) is 5.56 Å². The zero-order valence-corrected chi connectivity index (χ0v) is 14.3. The first-order valence-electron chi connectivity index (χ1n) is 8.84. The van der Waals surface area contributed by atoms with Crippen LogP contribution >= 0.6 is 0 Å². The number of ether oxygens (including phenoxy) is 1. The Morgan fingerprint density at radius 2 is 1.88 bits per heavy atom. The molecule has 1 amide bonds. The van der Waals surface area contributed by atoms with E-state index in [9.17, 15) is 4.79 Å².